The Morgan fingerprint density at radius 1 is 1.03 bits per heavy atom. The van der Waals surface area contributed by atoms with Gasteiger partial charge in [-0.25, -0.2) is 0 Å². The van der Waals surface area contributed by atoms with Crippen molar-refractivity contribution in [2.45, 2.75) is 38.5 Å². The van der Waals surface area contributed by atoms with Crippen molar-refractivity contribution in [2.24, 2.45) is 0 Å². The smallest absolute Gasteiger partial charge is 0.261 e. The van der Waals surface area contributed by atoms with Crippen molar-refractivity contribution < 1.29 is 14.3 Å². The second kappa shape index (κ2) is 8.83. The molecule has 0 fully saturated rings. The van der Waals surface area contributed by atoms with Crippen molar-refractivity contribution in [2.75, 3.05) is 12.4 Å². The molecule has 2 N–H and O–H groups in total. The standard InChI is InChI=1S/C26H26N2O4/c1-15(2)16-4-8-19(9-5-16)27-25(30)22-14-21-23(28-26(22)31)12-18(13-24(21)29)17-6-10-20(32-3)11-7-17/h4-11,14-15,18H,12-13H2,1-3H3,(H,27,30)(H,28,31)/t18-/m1/s1. The normalized spacial score (nSPS) is 15.4. The van der Waals surface area contributed by atoms with Gasteiger partial charge in [0.25, 0.3) is 11.5 Å². The first kappa shape index (κ1) is 21.6. The van der Waals surface area contributed by atoms with E-state index in [-0.39, 0.29) is 17.3 Å². The van der Waals surface area contributed by atoms with Crippen LogP contribution in [0.2, 0.25) is 0 Å². The number of ether oxygens (including phenoxy) is 1. The van der Waals surface area contributed by atoms with E-state index in [0.717, 1.165) is 16.9 Å². The lowest BCUT2D eigenvalue weighted by atomic mass is 9.81. The van der Waals surface area contributed by atoms with E-state index < -0.39 is 11.5 Å². The van der Waals surface area contributed by atoms with Gasteiger partial charge in [0.1, 0.15) is 11.3 Å². The van der Waals surface area contributed by atoms with Crippen molar-refractivity contribution in [3.63, 3.8) is 0 Å². The number of amides is 1. The lowest BCUT2D eigenvalue weighted by Crippen LogP contribution is -2.29. The number of hydrogen-bond donors (Lipinski definition) is 2. The van der Waals surface area contributed by atoms with Gasteiger partial charge in [-0.3, -0.25) is 14.4 Å². The van der Waals surface area contributed by atoms with E-state index in [4.69, 9.17) is 4.74 Å². The van der Waals surface area contributed by atoms with Gasteiger partial charge in [-0.05, 0) is 59.7 Å². The summed E-state index contributed by atoms with van der Waals surface area (Å²) in [6, 6.07) is 16.5. The quantitative estimate of drug-likeness (QED) is 0.616. The number of nitrogens with one attached hydrogen (secondary N) is 2. The number of aromatic nitrogens is 1. The highest BCUT2D eigenvalue weighted by atomic mass is 16.5. The van der Waals surface area contributed by atoms with Crippen LogP contribution in [-0.2, 0) is 6.42 Å². The molecule has 1 aliphatic carbocycles. The van der Waals surface area contributed by atoms with Crippen LogP contribution in [0.3, 0.4) is 0 Å². The molecule has 0 saturated heterocycles. The molecule has 1 heterocycles. The molecule has 4 rings (SSSR count). The lowest BCUT2D eigenvalue weighted by Gasteiger charge is -2.24. The molecule has 0 saturated carbocycles. The van der Waals surface area contributed by atoms with Crippen LogP contribution in [0, 0.1) is 0 Å². The van der Waals surface area contributed by atoms with E-state index in [1.54, 1.807) is 7.11 Å². The molecule has 1 aliphatic rings. The Morgan fingerprint density at radius 3 is 2.34 bits per heavy atom. The first-order valence-corrected chi connectivity index (χ1v) is 10.7. The molecule has 6 heteroatoms. The van der Waals surface area contributed by atoms with Crippen LogP contribution in [-0.4, -0.2) is 23.8 Å². The lowest BCUT2D eigenvalue weighted by molar-refractivity contribution is 0.0963. The average Bonchev–Trinajstić information content (AvgIpc) is 2.79. The minimum Gasteiger partial charge on any atom is -0.497 e. The van der Waals surface area contributed by atoms with Crippen LogP contribution in [0.15, 0.2) is 59.4 Å². The van der Waals surface area contributed by atoms with Crippen LogP contribution in [0.1, 0.15) is 69.6 Å². The number of carbonyl (C=O) groups excluding carboxylic acids is 2. The molecule has 0 bridgehead atoms. The third kappa shape index (κ3) is 4.35. The van der Waals surface area contributed by atoms with Crippen molar-refractivity contribution >= 4 is 17.4 Å². The molecule has 3 aromatic rings. The third-order valence-corrected chi connectivity index (χ3v) is 5.97. The molecule has 0 unspecified atom stereocenters. The van der Waals surface area contributed by atoms with Crippen molar-refractivity contribution in [3.8, 4) is 5.75 Å². The molecule has 1 aromatic heterocycles. The van der Waals surface area contributed by atoms with Crippen LogP contribution in [0.25, 0.3) is 0 Å². The molecular weight excluding hydrogens is 404 g/mol. The van der Waals surface area contributed by atoms with E-state index in [9.17, 15) is 14.4 Å². The largest absolute Gasteiger partial charge is 0.497 e. The summed E-state index contributed by atoms with van der Waals surface area (Å²) in [5.41, 5.74) is 3.20. The van der Waals surface area contributed by atoms with Gasteiger partial charge >= 0.3 is 0 Å². The molecule has 0 radical (unpaired) electrons. The summed E-state index contributed by atoms with van der Waals surface area (Å²) in [5, 5.41) is 2.75. The Balaban J connectivity index is 1.56. The van der Waals surface area contributed by atoms with E-state index in [2.05, 4.69) is 24.1 Å². The molecule has 1 atom stereocenters. The molecule has 1 amide bonds. The van der Waals surface area contributed by atoms with E-state index in [0.29, 0.717) is 35.7 Å². The maximum absolute atomic E-state index is 12.9. The maximum Gasteiger partial charge on any atom is 0.261 e. The summed E-state index contributed by atoms with van der Waals surface area (Å²) in [6.45, 7) is 4.19. The van der Waals surface area contributed by atoms with E-state index in [1.807, 2.05) is 48.5 Å². The van der Waals surface area contributed by atoms with Gasteiger partial charge < -0.3 is 15.0 Å². The van der Waals surface area contributed by atoms with Crippen molar-refractivity contribution in [3.05, 3.63) is 92.9 Å². The SMILES string of the molecule is COc1ccc([C@H]2CC(=O)c3cc(C(=O)Nc4ccc(C(C)C)cc4)c(=O)[nH]c3C2)cc1. The van der Waals surface area contributed by atoms with Crippen LogP contribution in [0.5, 0.6) is 5.75 Å². The van der Waals surface area contributed by atoms with Gasteiger partial charge in [0.15, 0.2) is 5.78 Å². The Bertz CT molecular complexity index is 1210. The summed E-state index contributed by atoms with van der Waals surface area (Å²) >= 11 is 0. The number of methoxy groups -OCH3 is 1. The second-order valence-electron chi connectivity index (χ2n) is 8.44. The molecule has 2 aromatic carbocycles. The Labute approximate surface area is 186 Å². The number of benzene rings is 2. The average molecular weight is 431 g/mol. The highest BCUT2D eigenvalue weighted by molar-refractivity contribution is 6.06. The minimum atomic E-state index is -0.531. The maximum atomic E-state index is 12.9. The zero-order valence-corrected chi connectivity index (χ0v) is 18.4. The van der Waals surface area contributed by atoms with Gasteiger partial charge in [-0.1, -0.05) is 38.1 Å². The first-order valence-electron chi connectivity index (χ1n) is 10.7. The summed E-state index contributed by atoms with van der Waals surface area (Å²) in [4.78, 5) is 41.0. The number of Topliss-reactive ketones (excluding diaryl/α,β-unsaturated/α-hetero) is 1. The fraction of sp³-hybridized carbons (Fsp3) is 0.269. The molecule has 0 spiro atoms. The van der Waals surface area contributed by atoms with Gasteiger partial charge in [0, 0.05) is 23.4 Å². The highest BCUT2D eigenvalue weighted by Crippen LogP contribution is 2.32. The summed E-state index contributed by atoms with van der Waals surface area (Å²) < 4.78 is 5.19. The number of fused-ring (bicyclic) bond motifs is 1. The number of ketones is 1. The number of aromatic amines is 1. The summed E-state index contributed by atoms with van der Waals surface area (Å²) in [7, 11) is 1.61. The minimum absolute atomic E-state index is 0.0318. The van der Waals surface area contributed by atoms with Gasteiger partial charge in [-0.15, -0.1) is 0 Å². The highest BCUT2D eigenvalue weighted by Gasteiger charge is 2.29. The molecular formula is C26H26N2O4. The third-order valence-electron chi connectivity index (χ3n) is 5.97. The fourth-order valence-electron chi connectivity index (χ4n) is 4.06. The van der Waals surface area contributed by atoms with Crippen LogP contribution < -0.4 is 15.6 Å². The summed E-state index contributed by atoms with van der Waals surface area (Å²) in [5.74, 6) is 0.487. The number of hydrogen-bond acceptors (Lipinski definition) is 4. The van der Waals surface area contributed by atoms with Gasteiger partial charge in [0.05, 0.1) is 7.11 Å². The van der Waals surface area contributed by atoms with Crippen molar-refractivity contribution in [1.82, 2.24) is 4.98 Å². The predicted molar refractivity (Wildman–Crippen MR) is 124 cm³/mol. The first-order chi connectivity index (χ1) is 15.4. The zero-order valence-electron chi connectivity index (χ0n) is 18.4. The number of pyridine rings is 1. The number of rotatable bonds is 5. The van der Waals surface area contributed by atoms with E-state index >= 15 is 0 Å². The Kier molecular flexibility index (Phi) is 5.95. The number of H-pyrrole nitrogens is 1. The van der Waals surface area contributed by atoms with Crippen LogP contribution >= 0.6 is 0 Å². The fourth-order valence-corrected chi connectivity index (χ4v) is 4.06. The van der Waals surface area contributed by atoms with Gasteiger partial charge in [0.2, 0.25) is 0 Å². The Hall–Kier alpha value is -3.67. The molecule has 32 heavy (non-hydrogen) atoms. The Morgan fingerprint density at radius 2 is 1.72 bits per heavy atom. The van der Waals surface area contributed by atoms with Crippen LogP contribution in [0.4, 0.5) is 5.69 Å². The van der Waals surface area contributed by atoms with E-state index in [1.165, 1.54) is 6.07 Å². The molecule has 0 aliphatic heterocycles. The number of carbonyl (C=O) groups is 2. The summed E-state index contributed by atoms with van der Waals surface area (Å²) in [6.07, 6.45) is 0.851. The second-order valence-corrected chi connectivity index (χ2v) is 8.44. The molecule has 6 nitrogen and oxygen atoms in total. The van der Waals surface area contributed by atoms with Crippen molar-refractivity contribution in [1.29, 1.82) is 0 Å². The predicted octanol–water partition coefficient (Wildman–Crippen LogP) is 4.67. The monoisotopic (exact) mass is 430 g/mol. The number of anilines is 1. The topological polar surface area (TPSA) is 88.3 Å². The van der Waals surface area contributed by atoms with Gasteiger partial charge in [-0.2, -0.15) is 0 Å². The zero-order chi connectivity index (χ0) is 22.8. The molecule has 164 valence electrons.